The van der Waals surface area contributed by atoms with Crippen molar-refractivity contribution in [2.24, 2.45) is 56.7 Å². The molecule has 2 N–H and O–H groups in total. The van der Waals surface area contributed by atoms with Gasteiger partial charge in [0, 0.05) is 18.8 Å². The Hall–Kier alpha value is -1.69. The Kier molecular flexibility index (Phi) is 6.34. The third kappa shape index (κ3) is 3.31. The second kappa shape index (κ2) is 8.65. The van der Waals surface area contributed by atoms with E-state index in [0.717, 1.165) is 44.1 Å². The first-order valence-electron chi connectivity index (χ1n) is 14.8. The summed E-state index contributed by atoms with van der Waals surface area (Å²) in [5, 5.41) is 22.7. The van der Waals surface area contributed by atoms with Gasteiger partial charge in [0.1, 0.15) is 12.4 Å². The van der Waals surface area contributed by atoms with Gasteiger partial charge in [-0.1, -0.05) is 32.9 Å². The number of aliphatic hydroxyl groups excluding tert-OH is 1. The Labute approximate surface area is 228 Å². The highest BCUT2D eigenvalue weighted by Crippen LogP contribution is 2.77. The van der Waals surface area contributed by atoms with Gasteiger partial charge < -0.3 is 14.9 Å². The van der Waals surface area contributed by atoms with Gasteiger partial charge >= 0.3 is 11.9 Å². The molecule has 0 aromatic carbocycles. The number of hydrogen-bond acceptors (Lipinski definition) is 5. The average molecular weight is 529 g/mol. The van der Waals surface area contributed by atoms with Crippen molar-refractivity contribution in [3.8, 4) is 0 Å². The number of fused-ring (bicyclic) bond motifs is 7. The number of esters is 1. The van der Waals surface area contributed by atoms with Crippen LogP contribution in [0.15, 0.2) is 12.2 Å². The lowest BCUT2D eigenvalue weighted by Crippen LogP contribution is -2.71. The summed E-state index contributed by atoms with van der Waals surface area (Å²) >= 11 is 0. The van der Waals surface area contributed by atoms with E-state index in [1.807, 2.05) is 6.92 Å². The molecule has 11 atom stereocenters. The Bertz CT molecular complexity index is 1070. The monoisotopic (exact) mass is 528 g/mol. The zero-order chi connectivity index (χ0) is 28.1. The zero-order valence-electron chi connectivity index (χ0n) is 24.3. The summed E-state index contributed by atoms with van der Waals surface area (Å²) < 4.78 is 5.46. The summed E-state index contributed by atoms with van der Waals surface area (Å²) in [5.74, 6) is -0.288. The van der Waals surface area contributed by atoms with Crippen molar-refractivity contribution >= 4 is 17.7 Å². The van der Waals surface area contributed by atoms with Crippen LogP contribution >= 0.6 is 0 Å². The summed E-state index contributed by atoms with van der Waals surface area (Å²) in [6.07, 6.45) is 6.09. The van der Waals surface area contributed by atoms with Gasteiger partial charge in [0.15, 0.2) is 0 Å². The maximum absolute atomic E-state index is 13.4. The zero-order valence-corrected chi connectivity index (χ0v) is 24.3. The first-order valence-corrected chi connectivity index (χ1v) is 14.8. The lowest BCUT2D eigenvalue weighted by Gasteiger charge is -2.73. The van der Waals surface area contributed by atoms with E-state index < -0.39 is 28.3 Å². The number of carbonyl (C=O) groups is 3. The fraction of sp³-hybridized carbons (Fsp3) is 0.844. The molecule has 5 aliphatic rings. The van der Waals surface area contributed by atoms with E-state index in [4.69, 9.17) is 4.74 Å². The van der Waals surface area contributed by atoms with Crippen LogP contribution in [0.25, 0.3) is 0 Å². The van der Waals surface area contributed by atoms with Crippen LogP contribution in [0.1, 0.15) is 99.3 Å². The molecule has 6 nitrogen and oxygen atoms in total. The number of carbonyl (C=O) groups excluding carboxylic acids is 2. The van der Waals surface area contributed by atoms with Gasteiger partial charge in [0.2, 0.25) is 0 Å². The molecule has 0 aliphatic heterocycles. The van der Waals surface area contributed by atoms with Crippen molar-refractivity contribution in [1.29, 1.82) is 0 Å². The predicted octanol–water partition coefficient (Wildman–Crippen LogP) is 5.81. The van der Waals surface area contributed by atoms with Crippen molar-refractivity contribution in [3.63, 3.8) is 0 Å². The predicted molar refractivity (Wildman–Crippen MR) is 144 cm³/mol. The fourth-order valence-electron chi connectivity index (χ4n) is 11.5. The lowest BCUT2D eigenvalue weighted by atomic mass is 9.31. The molecule has 5 fully saturated rings. The third-order valence-electron chi connectivity index (χ3n) is 13.7. The largest absolute Gasteiger partial charge is 0.481 e. The van der Waals surface area contributed by atoms with E-state index in [2.05, 4.69) is 34.3 Å². The Morgan fingerprint density at radius 1 is 1.00 bits per heavy atom. The molecule has 0 aromatic rings. The van der Waals surface area contributed by atoms with Gasteiger partial charge in [-0.15, -0.1) is 0 Å². The van der Waals surface area contributed by atoms with Crippen molar-refractivity contribution in [3.05, 3.63) is 12.2 Å². The van der Waals surface area contributed by atoms with E-state index in [0.29, 0.717) is 19.3 Å². The summed E-state index contributed by atoms with van der Waals surface area (Å²) in [6, 6.07) is 0. The molecule has 0 amide bonds. The van der Waals surface area contributed by atoms with Crippen LogP contribution in [0.4, 0.5) is 0 Å². The molecule has 212 valence electrons. The molecule has 0 heterocycles. The van der Waals surface area contributed by atoms with Crippen molar-refractivity contribution in [2.45, 2.75) is 105 Å². The van der Waals surface area contributed by atoms with Gasteiger partial charge in [-0.25, -0.2) is 0 Å². The smallest absolute Gasteiger partial charge is 0.309 e. The molecule has 0 radical (unpaired) electrons. The lowest BCUT2D eigenvalue weighted by molar-refractivity contribution is -0.274. The molecule has 38 heavy (non-hydrogen) atoms. The summed E-state index contributed by atoms with van der Waals surface area (Å²) in [5.41, 5.74) is -1.17. The molecular weight excluding hydrogens is 480 g/mol. The molecule has 5 saturated carbocycles. The van der Waals surface area contributed by atoms with Crippen LogP contribution < -0.4 is 0 Å². The van der Waals surface area contributed by atoms with Crippen molar-refractivity contribution in [1.82, 2.24) is 0 Å². The Balaban J connectivity index is 1.57. The first kappa shape index (κ1) is 27.9. The minimum Gasteiger partial charge on any atom is -0.481 e. The number of rotatable bonds is 4. The van der Waals surface area contributed by atoms with Gasteiger partial charge in [0.25, 0.3) is 0 Å². The van der Waals surface area contributed by atoms with E-state index in [1.54, 1.807) is 0 Å². The maximum atomic E-state index is 13.4. The van der Waals surface area contributed by atoms with E-state index in [1.165, 1.54) is 6.92 Å². The minimum atomic E-state index is -0.805. The molecule has 5 aliphatic carbocycles. The number of hydrogen-bond donors (Lipinski definition) is 2. The second-order valence-corrected chi connectivity index (χ2v) is 14.8. The number of ketones is 1. The van der Waals surface area contributed by atoms with E-state index in [-0.39, 0.29) is 58.8 Å². The SMILES string of the molecule is C=C(C)[C@@H]1CC[C@]2(C(=O)O)CC[C@]3(C)[C@H](CC[C@@H]4[C@@]5(C)CCC(=O)[C@@](C)(COC(C)=O)[C@@H]5C[C@H](O)[C@]43C)[C@@H]12. The third-order valence-corrected chi connectivity index (χ3v) is 13.7. The average Bonchev–Trinajstić information content (AvgIpc) is 3.25. The number of carboxylic acids is 1. The number of aliphatic carboxylic acids is 1. The van der Waals surface area contributed by atoms with Crippen LogP contribution in [0.3, 0.4) is 0 Å². The van der Waals surface area contributed by atoms with E-state index in [9.17, 15) is 24.6 Å². The molecular formula is C32H48O6. The topological polar surface area (TPSA) is 101 Å². The Morgan fingerprint density at radius 3 is 2.29 bits per heavy atom. The first-order chi connectivity index (χ1) is 17.6. The molecule has 0 unspecified atom stereocenters. The normalized spacial score (nSPS) is 51.7. The van der Waals surface area contributed by atoms with Gasteiger partial charge in [-0.3, -0.25) is 14.4 Å². The molecule has 0 spiro atoms. The van der Waals surface area contributed by atoms with Gasteiger partial charge in [0.05, 0.1) is 16.9 Å². The van der Waals surface area contributed by atoms with Crippen LogP contribution in [0.5, 0.6) is 0 Å². The molecule has 5 rings (SSSR count). The maximum Gasteiger partial charge on any atom is 0.309 e. The van der Waals surface area contributed by atoms with Crippen LogP contribution in [0, 0.1) is 56.7 Å². The highest BCUT2D eigenvalue weighted by Gasteiger charge is 2.74. The highest BCUT2D eigenvalue weighted by atomic mass is 16.5. The minimum absolute atomic E-state index is 0.0499. The van der Waals surface area contributed by atoms with Gasteiger partial charge in [-0.05, 0) is 106 Å². The second-order valence-electron chi connectivity index (χ2n) is 14.8. The van der Waals surface area contributed by atoms with Crippen molar-refractivity contribution in [2.75, 3.05) is 6.61 Å². The molecule has 0 bridgehead atoms. The van der Waals surface area contributed by atoms with Crippen molar-refractivity contribution < 1.29 is 29.3 Å². The summed E-state index contributed by atoms with van der Waals surface area (Å²) in [7, 11) is 0. The summed E-state index contributed by atoms with van der Waals surface area (Å²) in [4.78, 5) is 37.9. The number of Topliss-reactive ketones (excluding diaryl/α,β-unsaturated/α-hetero) is 1. The number of carboxylic acid groups (broad SMARTS) is 1. The Morgan fingerprint density at radius 2 is 1.68 bits per heavy atom. The number of allylic oxidation sites excluding steroid dienone is 1. The molecule has 6 heteroatoms. The molecule has 0 saturated heterocycles. The van der Waals surface area contributed by atoms with Crippen LogP contribution in [-0.4, -0.2) is 40.6 Å². The highest BCUT2D eigenvalue weighted by molar-refractivity contribution is 5.86. The van der Waals surface area contributed by atoms with Gasteiger partial charge in [-0.2, -0.15) is 0 Å². The van der Waals surface area contributed by atoms with Crippen LogP contribution in [0.2, 0.25) is 0 Å². The quantitative estimate of drug-likeness (QED) is 0.353. The van der Waals surface area contributed by atoms with E-state index >= 15 is 0 Å². The van der Waals surface area contributed by atoms with Crippen LogP contribution in [-0.2, 0) is 19.1 Å². The number of ether oxygens (including phenoxy) is 1. The fourth-order valence-corrected chi connectivity index (χ4v) is 11.5. The molecule has 0 aromatic heterocycles. The standard InChI is InChI=1S/C32H48O6/c1-18(2)20-10-13-32(27(36)37)15-14-30(6)21(26(20)32)8-9-22-28(4)12-11-24(34)29(5,17-38-19(3)33)23(28)16-25(35)31(22,30)7/h20-23,25-26,35H,1,8-17H2,2-7H3,(H,36,37)/t20-,21+,22+,23+,25-,26+,28+,29-,30+,31-,32-/m0/s1. The number of aliphatic hydroxyl groups is 1. The summed E-state index contributed by atoms with van der Waals surface area (Å²) in [6.45, 7) is 16.7.